The maximum atomic E-state index is 5.45. The van der Waals surface area contributed by atoms with Gasteiger partial charge in [-0.3, -0.25) is 0 Å². The molecule has 0 aliphatic heterocycles. The Morgan fingerprint density at radius 1 is 0.696 bits per heavy atom. The summed E-state index contributed by atoms with van der Waals surface area (Å²) in [6.45, 7) is 8.67. The summed E-state index contributed by atoms with van der Waals surface area (Å²) in [6.07, 6.45) is 0. The number of nitrogens with one attached hydrogen (secondary N) is 2. The Morgan fingerprint density at radius 3 is 1.61 bits per heavy atom. The smallest absolute Gasteiger partial charge is 0.167 e. The first-order valence-electron chi connectivity index (χ1n) is 8.19. The zero-order chi connectivity index (χ0) is 16.8. The maximum Gasteiger partial charge on any atom is 0.167 e. The summed E-state index contributed by atoms with van der Waals surface area (Å²) in [5, 5.41) is 7.39. The van der Waals surface area contributed by atoms with Crippen molar-refractivity contribution in [2.24, 2.45) is 0 Å². The molecule has 3 heteroatoms. The van der Waals surface area contributed by atoms with E-state index in [-0.39, 0.29) is 12.1 Å². The largest absolute Gasteiger partial charge is 0.356 e. The third-order valence-corrected chi connectivity index (χ3v) is 4.33. The molecule has 122 valence electrons. The second-order valence-corrected chi connectivity index (χ2v) is 6.70. The first kappa shape index (κ1) is 17.5. The van der Waals surface area contributed by atoms with Crippen molar-refractivity contribution >= 4 is 17.3 Å². The molecule has 2 unspecified atom stereocenters. The van der Waals surface area contributed by atoms with Crippen molar-refractivity contribution in [2.75, 3.05) is 0 Å². The maximum absolute atomic E-state index is 5.45. The SMILES string of the molecule is CC(C)c1ccc(C(C)NC(=S)NC(C)c2ccccc2)cc1. The van der Waals surface area contributed by atoms with Crippen LogP contribution in [0.15, 0.2) is 54.6 Å². The van der Waals surface area contributed by atoms with Crippen LogP contribution in [0.4, 0.5) is 0 Å². The van der Waals surface area contributed by atoms with Crippen LogP contribution in [0.2, 0.25) is 0 Å². The molecule has 0 heterocycles. The number of benzene rings is 2. The second kappa shape index (κ2) is 8.11. The van der Waals surface area contributed by atoms with E-state index < -0.39 is 0 Å². The highest BCUT2D eigenvalue weighted by Gasteiger charge is 2.10. The van der Waals surface area contributed by atoms with Crippen molar-refractivity contribution in [3.05, 3.63) is 71.3 Å². The topological polar surface area (TPSA) is 24.1 Å². The lowest BCUT2D eigenvalue weighted by atomic mass is 10.00. The first-order valence-corrected chi connectivity index (χ1v) is 8.60. The van der Waals surface area contributed by atoms with Gasteiger partial charge < -0.3 is 10.6 Å². The van der Waals surface area contributed by atoms with Crippen molar-refractivity contribution in [3.63, 3.8) is 0 Å². The molecule has 0 saturated heterocycles. The number of hydrogen-bond acceptors (Lipinski definition) is 1. The predicted molar refractivity (Wildman–Crippen MR) is 103 cm³/mol. The summed E-state index contributed by atoms with van der Waals surface area (Å²) in [7, 11) is 0. The summed E-state index contributed by atoms with van der Waals surface area (Å²) in [6, 6.07) is 19.4. The lowest BCUT2D eigenvalue weighted by Gasteiger charge is -2.21. The fourth-order valence-corrected chi connectivity index (χ4v) is 2.87. The molecule has 0 aliphatic rings. The fraction of sp³-hybridized carbons (Fsp3) is 0.350. The van der Waals surface area contributed by atoms with Gasteiger partial charge in [0.05, 0.1) is 12.1 Å². The van der Waals surface area contributed by atoms with Crippen LogP contribution in [-0.2, 0) is 0 Å². The van der Waals surface area contributed by atoms with E-state index in [4.69, 9.17) is 12.2 Å². The number of thiocarbonyl (C=S) groups is 1. The van der Waals surface area contributed by atoms with Crippen molar-refractivity contribution in [3.8, 4) is 0 Å². The minimum atomic E-state index is 0.180. The van der Waals surface area contributed by atoms with E-state index in [2.05, 4.69) is 74.7 Å². The van der Waals surface area contributed by atoms with E-state index in [1.807, 2.05) is 18.2 Å². The van der Waals surface area contributed by atoms with Crippen LogP contribution in [0.25, 0.3) is 0 Å². The molecule has 2 aromatic carbocycles. The summed E-state index contributed by atoms with van der Waals surface area (Å²) in [5.74, 6) is 0.557. The first-order chi connectivity index (χ1) is 11.0. The average molecular weight is 327 g/mol. The van der Waals surface area contributed by atoms with Crippen LogP contribution < -0.4 is 10.6 Å². The van der Waals surface area contributed by atoms with E-state index in [0.29, 0.717) is 11.0 Å². The quantitative estimate of drug-likeness (QED) is 0.748. The number of rotatable bonds is 5. The van der Waals surface area contributed by atoms with Gasteiger partial charge in [0.1, 0.15) is 0 Å². The molecule has 2 N–H and O–H groups in total. The summed E-state index contributed by atoms with van der Waals surface area (Å²) in [5.41, 5.74) is 3.83. The Labute approximate surface area is 145 Å². The molecule has 23 heavy (non-hydrogen) atoms. The molecule has 0 aromatic heterocycles. The lowest BCUT2D eigenvalue weighted by Crippen LogP contribution is -2.38. The van der Waals surface area contributed by atoms with Crippen LogP contribution in [0.5, 0.6) is 0 Å². The van der Waals surface area contributed by atoms with Gasteiger partial charge in [-0.05, 0) is 48.7 Å². The minimum absolute atomic E-state index is 0.180. The molecule has 2 atom stereocenters. The van der Waals surface area contributed by atoms with Crippen LogP contribution >= 0.6 is 12.2 Å². The molecule has 0 spiro atoms. The van der Waals surface area contributed by atoms with Crippen LogP contribution in [0.3, 0.4) is 0 Å². The van der Waals surface area contributed by atoms with Crippen LogP contribution in [0, 0.1) is 0 Å². The van der Waals surface area contributed by atoms with Gasteiger partial charge in [-0.15, -0.1) is 0 Å². The molecule has 0 aliphatic carbocycles. The Morgan fingerprint density at radius 2 is 1.13 bits per heavy atom. The van der Waals surface area contributed by atoms with Crippen molar-refractivity contribution in [1.82, 2.24) is 10.6 Å². The van der Waals surface area contributed by atoms with E-state index in [0.717, 1.165) is 0 Å². The molecule has 0 saturated carbocycles. The van der Waals surface area contributed by atoms with Gasteiger partial charge in [0, 0.05) is 0 Å². The standard InChI is InChI=1S/C20H26N2S/c1-14(2)17-10-12-19(13-11-17)16(4)22-20(23)21-15(3)18-8-6-5-7-9-18/h5-16H,1-4H3,(H2,21,22,23). The molecule has 0 amide bonds. The minimum Gasteiger partial charge on any atom is -0.356 e. The summed E-state index contributed by atoms with van der Waals surface area (Å²) < 4.78 is 0. The fourth-order valence-electron chi connectivity index (χ4n) is 2.51. The van der Waals surface area contributed by atoms with Crippen LogP contribution in [-0.4, -0.2) is 5.11 Å². The van der Waals surface area contributed by atoms with E-state index in [1.54, 1.807) is 0 Å². The highest BCUT2D eigenvalue weighted by atomic mass is 32.1. The molecular formula is C20H26N2S. The van der Waals surface area contributed by atoms with E-state index in [9.17, 15) is 0 Å². The predicted octanol–water partition coefficient (Wildman–Crippen LogP) is 5.10. The molecule has 0 radical (unpaired) electrons. The Hall–Kier alpha value is -1.87. The summed E-state index contributed by atoms with van der Waals surface area (Å²) >= 11 is 5.45. The number of hydrogen-bond donors (Lipinski definition) is 2. The molecule has 0 fully saturated rings. The lowest BCUT2D eigenvalue weighted by molar-refractivity contribution is 0.655. The molecule has 2 aromatic rings. The normalized spacial score (nSPS) is 13.4. The molecule has 2 nitrogen and oxygen atoms in total. The van der Waals surface area contributed by atoms with Gasteiger partial charge in [0.2, 0.25) is 0 Å². The molecular weight excluding hydrogens is 300 g/mol. The monoisotopic (exact) mass is 326 g/mol. The zero-order valence-electron chi connectivity index (χ0n) is 14.3. The Kier molecular flexibility index (Phi) is 6.17. The summed E-state index contributed by atoms with van der Waals surface area (Å²) in [4.78, 5) is 0. The molecule has 0 bridgehead atoms. The van der Waals surface area contributed by atoms with Gasteiger partial charge in [-0.2, -0.15) is 0 Å². The van der Waals surface area contributed by atoms with Gasteiger partial charge >= 0.3 is 0 Å². The third-order valence-electron chi connectivity index (χ3n) is 4.10. The second-order valence-electron chi connectivity index (χ2n) is 6.29. The Balaban J connectivity index is 1.91. The van der Waals surface area contributed by atoms with Gasteiger partial charge in [0.15, 0.2) is 5.11 Å². The van der Waals surface area contributed by atoms with Crippen LogP contribution in [0.1, 0.15) is 62.4 Å². The van der Waals surface area contributed by atoms with Gasteiger partial charge in [-0.1, -0.05) is 68.4 Å². The zero-order valence-corrected chi connectivity index (χ0v) is 15.2. The van der Waals surface area contributed by atoms with Gasteiger partial charge in [0.25, 0.3) is 0 Å². The van der Waals surface area contributed by atoms with Gasteiger partial charge in [-0.25, -0.2) is 0 Å². The molecule has 2 rings (SSSR count). The van der Waals surface area contributed by atoms with Crippen molar-refractivity contribution in [1.29, 1.82) is 0 Å². The van der Waals surface area contributed by atoms with E-state index in [1.165, 1.54) is 16.7 Å². The van der Waals surface area contributed by atoms with Crippen molar-refractivity contribution < 1.29 is 0 Å². The Bertz CT molecular complexity index is 620. The highest BCUT2D eigenvalue weighted by molar-refractivity contribution is 7.80. The third kappa shape index (κ3) is 5.07. The van der Waals surface area contributed by atoms with E-state index >= 15 is 0 Å². The highest BCUT2D eigenvalue weighted by Crippen LogP contribution is 2.19. The van der Waals surface area contributed by atoms with Crippen molar-refractivity contribution in [2.45, 2.75) is 45.7 Å². The average Bonchev–Trinajstić information content (AvgIpc) is 2.55.